The highest BCUT2D eigenvalue weighted by Crippen LogP contribution is 2.28. The monoisotopic (exact) mass is 500 g/mol. The van der Waals surface area contributed by atoms with Gasteiger partial charge in [0.25, 0.3) is 0 Å². The molecule has 2 atom stereocenters. The SMILES string of the molecule is COc1ccc(C(C)CC(C)N2CCC(Nc3nc4ccccc4n3Cc3ccc(F)cc3)CC2)cc1. The first kappa shape index (κ1) is 25.3. The number of methoxy groups -OCH3 is 1. The molecule has 0 spiro atoms. The van der Waals surface area contributed by atoms with Crippen LogP contribution < -0.4 is 10.1 Å². The molecule has 2 unspecified atom stereocenters. The van der Waals surface area contributed by atoms with Gasteiger partial charge in [-0.15, -0.1) is 0 Å². The highest BCUT2D eigenvalue weighted by Gasteiger charge is 2.25. The van der Waals surface area contributed by atoms with E-state index in [0.717, 1.165) is 60.6 Å². The Kier molecular flexibility index (Phi) is 7.75. The maximum absolute atomic E-state index is 13.4. The van der Waals surface area contributed by atoms with Gasteiger partial charge in [0.15, 0.2) is 0 Å². The van der Waals surface area contributed by atoms with Gasteiger partial charge < -0.3 is 19.5 Å². The summed E-state index contributed by atoms with van der Waals surface area (Å²) in [6.45, 7) is 7.48. The number of para-hydroxylation sites is 2. The van der Waals surface area contributed by atoms with Gasteiger partial charge in [-0.3, -0.25) is 0 Å². The van der Waals surface area contributed by atoms with Gasteiger partial charge >= 0.3 is 0 Å². The number of aromatic nitrogens is 2. The predicted octanol–water partition coefficient (Wildman–Crippen LogP) is 6.69. The number of benzene rings is 3. The van der Waals surface area contributed by atoms with Crippen molar-refractivity contribution in [3.8, 4) is 5.75 Å². The number of fused-ring (bicyclic) bond motifs is 1. The summed E-state index contributed by atoms with van der Waals surface area (Å²) in [5, 5.41) is 3.75. The number of likely N-dealkylation sites (tertiary alicyclic amines) is 1. The molecule has 37 heavy (non-hydrogen) atoms. The lowest BCUT2D eigenvalue weighted by Crippen LogP contribution is -2.44. The number of imidazole rings is 1. The standard InChI is InChI=1S/C31H37FN4O/c1-22(25-10-14-28(37-3)15-11-25)20-23(2)35-18-16-27(17-19-35)33-31-34-29-6-4-5-7-30(29)36(31)21-24-8-12-26(32)13-9-24/h4-15,22-23,27H,16-21H2,1-3H3,(H,33,34). The lowest BCUT2D eigenvalue weighted by atomic mass is 9.92. The molecule has 0 saturated carbocycles. The van der Waals surface area contributed by atoms with E-state index in [9.17, 15) is 4.39 Å². The van der Waals surface area contributed by atoms with Crippen LogP contribution in [-0.4, -0.2) is 46.7 Å². The Morgan fingerprint density at radius 3 is 2.38 bits per heavy atom. The van der Waals surface area contributed by atoms with Crippen molar-refractivity contribution in [2.75, 3.05) is 25.5 Å². The van der Waals surface area contributed by atoms with Crippen LogP contribution in [0.1, 0.15) is 50.2 Å². The van der Waals surface area contributed by atoms with Crippen LogP contribution in [0.5, 0.6) is 5.75 Å². The van der Waals surface area contributed by atoms with Crippen molar-refractivity contribution in [1.82, 2.24) is 14.5 Å². The fourth-order valence-corrected chi connectivity index (χ4v) is 5.51. The number of hydrogen-bond donors (Lipinski definition) is 1. The largest absolute Gasteiger partial charge is 0.497 e. The summed E-state index contributed by atoms with van der Waals surface area (Å²) in [4.78, 5) is 7.54. The number of halogens is 1. The zero-order valence-electron chi connectivity index (χ0n) is 22.0. The van der Waals surface area contributed by atoms with Crippen molar-refractivity contribution < 1.29 is 9.13 Å². The summed E-state index contributed by atoms with van der Waals surface area (Å²) in [7, 11) is 1.71. The molecular formula is C31H37FN4O. The normalized spacial score (nSPS) is 16.5. The third kappa shape index (κ3) is 5.96. The van der Waals surface area contributed by atoms with Crippen LogP contribution in [0.3, 0.4) is 0 Å². The highest BCUT2D eigenvalue weighted by atomic mass is 19.1. The number of nitrogens with one attached hydrogen (secondary N) is 1. The minimum absolute atomic E-state index is 0.211. The molecule has 1 aromatic heterocycles. The molecule has 5 nitrogen and oxygen atoms in total. The second-order valence-corrected chi connectivity index (χ2v) is 10.4. The summed E-state index contributed by atoms with van der Waals surface area (Å²) in [5.41, 5.74) is 4.49. The van der Waals surface area contributed by atoms with E-state index in [0.29, 0.717) is 24.5 Å². The summed E-state index contributed by atoms with van der Waals surface area (Å²) in [5.74, 6) is 2.09. The average Bonchev–Trinajstić information content (AvgIpc) is 3.26. The van der Waals surface area contributed by atoms with Crippen molar-refractivity contribution in [2.24, 2.45) is 0 Å². The van der Waals surface area contributed by atoms with E-state index in [1.165, 1.54) is 17.7 Å². The topological polar surface area (TPSA) is 42.3 Å². The fourth-order valence-electron chi connectivity index (χ4n) is 5.51. The van der Waals surface area contributed by atoms with Gasteiger partial charge in [-0.1, -0.05) is 43.3 Å². The van der Waals surface area contributed by atoms with E-state index in [-0.39, 0.29) is 5.82 Å². The van der Waals surface area contributed by atoms with E-state index in [2.05, 4.69) is 65.0 Å². The lowest BCUT2D eigenvalue weighted by Gasteiger charge is -2.37. The van der Waals surface area contributed by atoms with E-state index < -0.39 is 0 Å². The molecule has 3 aromatic carbocycles. The molecule has 4 aromatic rings. The Morgan fingerprint density at radius 1 is 0.973 bits per heavy atom. The summed E-state index contributed by atoms with van der Waals surface area (Å²) in [6.07, 6.45) is 3.31. The van der Waals surface area contributed by atoms with Crippen molar-refractivity contribution in [3.05, 3.63) is 89.7 Å². The number of piperidine rings is 1. The van der Waals surface area contributed by atoms with Gasteiger partial charge in [-0.2, -0.15) is 0 Å². The van der Waals surface area contributed by atoms with Crippen LogP contribution in [0.4, 0.5) is 10.3 Å². The third-order valence-corrected chi connectivity index (χ3v) is 7.77. The van der Waals surface area contributed by atoms with E-state index in [1.807, 2.05) is 24.3 Å². The molecular weight excluding hydrogens is 463 g/mol. The molecule has 5 rings (SSSR count). The maximum Gasteiger partial charge on any atom is 0.204 e. The van der Waals surface area contributed by atoms with E-state index in [1.54, 1.807) is 7.11 Å². The Hall–Kier alpha value is -3.38. The molecule has 6 heteroatoms. The zero-order chi connectivity index (χ0) is 25.8. The molecule has 0 amide bonds. The van der Waals surface area contributed by atoms with Crippen molar-refractivity contribution in [3.63, 3.8) is 0 Å². The minimum Gasteiger partial charge on any atom is -0.497 e. The second kappa shape index (κ2) is 11.3. The van der Waals surface area contributed by atoms with Crippen molar-refractivity contribution >= 4 is 17.0 Å². The van der Waals surface area contributed by atoms with Gasteiger partial charge in [0.2, 0.25) is 5.95 Å². The molecule has 1 fully saturated rings. The average molecular weight is 501 g/mol. The molecule has 1 aliphatic heterocycles. The fraction of sp³-hybridized carbons (Fsp3) is 0.387. The Labute approximate surface area is 219 Å². The minimum atomic E-state index is -0.211. The second-order valence-electron chi connectivity index (χ2n) is 10.4. The van der Waals surface area contributed by atoms with E-state index >= 15 is 0 Å². The number of anilines is 1. The molecule has 194 valence electrons. The van der Waals surface area contributed by atoms with Gasteiger partial charge in [0.05, 0.1) is 24.7 Å². The van der Waals surface area contributed by atoms with Crippen LogP contribution in [0.25, 0.3) is 11.0 Å². The van der Waals surface area contributed by atoms with Gasteiger partial charge in [0, 0.05) is 25.2 Å². The molecule has 1 aliphatic rings. The van der Waals surface area contributed by atoms with Crippen LogP contribution in [0, 0.1) is 5.82 Å². The summed E-state index contributed by atoms with van der Waals surface area (Å²) >= 11 is 0. The third-order valence-electron chi connectivity index (χ3n) is 7.77. The molecule has 1 saturated heterocycles. The number of hydrogen-bond acceptors (Lipinski definition) is 4. The Balaban J connectivity index is 1.21. The lowest BCUT2D eigenvalue weighted by molar-refractivity contribution is 0.155. The molecule has 0 aliphatic carbocycles. The first-order valence-corrected chi connectivity index (χ1v) is 13.3. The predicted molar refractivity (Wildman–Crippen MR) is 149 cm³/mol. The molecule has 1 N–H and O–H groups in total. The van der Waals surface area contributed by atoms with Crippen LogP contribution in [-0.2, 0) is 6.54 Å². The first-order valence-electron chi connectivity index (χ1n) is 13.3. The Morgan fingerprint density at radius 2 is 1.68 bits per heavy atom. The summed E-state index contributed by atoms with van der Waals surface area (Å²) in [6, 6.07) is 24.3. The number of ether oxygens (including phenoxy) is 1. The number of rotatable bonds is 9. The summed E-state index contributed by atoms with van der Waals surface area (Å²) < 4.78 is 21.0. The quantitative estimate of drug-likeness (QED) is 0.278. The highest BCUT2D eigenvalue weighted by molar-refractivity contribution is 5.78. The zero-order valence-corrected chi connectivity index (χ0v) is 22.0. The van der Waals surface area contributed by atoms with Crippen LogP contribution in [0.15, 0.2) is 72.8 Å². The van der Waals surface area contributed by atoms with Crippen molar-refractivity contribution in [1.29, 1.82) is 0 Å². The molecule has 0 radical (unpaired) electrons. The van der Waals surface area contributed by atoms with Gasteiger partial charge in [-0.25, -0.2) is 9.37 Å². The smallest absolute Gasteiger partial charge is 0.204 e. The molecule has 0 bridgehead atoms. The van der Waals surface area contributed by atoms with Crippen LogP contribution in [0.2, 0.25) is 0 Å². The number of nitrogens with zero attached hydrogens (tertiary/aromatic N) is 3. The Bertz CT molecular complexity index is 1290. The van der Waals surface area contributed by atoms with Gasteiger partial charge in [-0.05, 0) is 79.6 Å². The maximum atomic E-state index is 13.4. The molecule has 2 heterocycles. The first-order chi connectivity index (χ1) is 18.0. The van der Waals surface area contributed by atoms with Crippen LogP contribution >= 0.6 is 0 Å². The van der Waals surface area contributed by atoms with Gasteiger partial charge in [0.1, 0.15) is 11.6 Å². The van der Waals surface area contributed by atoms with Crippen molar-refractivity contribution in [2.45, 2.75) is 57.7 Å². The van der Waals surface area contributed by atoms with E-state index in [4.69, 9.17) is 9.72 Å².